The molecule has 3 N–H and O–H groups in total. The molecule has 2 rings (SSSR count). The van der Waals surface area contributed by atoms with Gasteiger partial charge >= 0.3 is 5.97 Å². The number of hydrogen-bond donors (Lipinski definition) is 2. The van der Waals surface area contributed by atoms with Crippen molar-refractivity contribution in [2.45, 2.75) is 38.1 Å². The molecule has 0 radical (unpaired) electrons. The smallest absolute Gasteiger partial charge is 0.303 e. The Kier molecular flexibility index (Phi) is 4.49. The molecule has 1 aromatic heterocycles. The fourth-order valence-corrected chi connectivity index (χ4v) is 2.51. The third kappa shape index (κ3) is 3.23. The van der Waals surface area contributed by atoms with Crippen molar-refractivity contribution in [3.8, 4) is 0 Å². The number of anilines is 1. The van der Waals surface area contributed by atoms with Gasteiger partial charge in [0.25, 0.3) is 5.91 Å². The number of carbonyl (C=O) groups is 2. The second kappa shape index (κ2) is 6.31. The summed E-state index contributed by atoms with van der Waals surface area (Å²) >= 11 is 0. The third-order valence-corrected chi connectivity index (χ3v) is 3.51. The Morgan fingerprint density at radius 3 is 2.80 bits per heavy atom. The molecule has 0 unspecified atom stereocenters. The molecule has 1 aliphatic rings. The molecule has 0 aliphatic carbocycles. The Morgan fingerprint density at radius 1 is 1.35 bits per heavy atom. The van der Waals surface area contributed by atoms with Crippen LogP contribution in [0.2, 0.25) is 0 Å². The number of piperidine rings is 1. The van der Waals surface area contributed by atoms with Gasteiger partial charge in [-0.3, -0.25) is 9.59 Å². The summed E-state index contributed by atoms with van der Waals surface area (Å²) in [5.41, 5.74) is 5.83. The zero-order chi connectivity index (χ0) is 14.5. The fourth-order valence-electron chi connectivity index (χ4n) is 2.51. The van der Waals surface area contributed by atoms with Crippen molar-refractivity contribution in [2.24, 2.45) is 0 Å². The first-order valence-electron chi connectivity index (χ1n) is 6.69. The van der Waals surface area contributed by atoms with Gasteiger partial charge in [0.2, 0.25) is 0 Å². The van der Waals surface area contributed by atoms with Crippen LogP contribution in [0, 0.1) is 0 Å². The fraction of sp³-hybridized carbons (Fsp3) is 0.538. The highest BCUT2D eigenvalue weighted by Crippen LogP contribution is 2.23. The van der Waals surface area contributed by atoms with Crippen molar-refractivity contribution in [3.63, 3.8) is 0 Å². The Bertz CT molecular complexity index is 506. The molecule has 0 spiro atoms. The lowest BCUT2D eigenvalue weighted by Gasteiger charge is -2.35. The number of nitrogens with zero attached hydrogens (tertiary/aromatic N) is 3. The molecule has 1 atom stereocenters. The van der Waals surface area contributed by atoms with E-state index in [4.69, 9.17) is 10.8 Å². The molecule has 1 aliphatic heterocycles. The number of carboxylic acid groups (broad SMARTS) is 1. The zero-order valence-electron chi connectivity index (χ0n) is 11.2. The average Bonchev–Trinajstić information content (AvgIpc) is 2.45. The predicted molar refractivity (Wildman–Crippen MR) is 72.0 cm³/mol. The minimum atomic E-state index is -0.845. The van der Waals surface area contributed by atoms with Crippen molar-refractivity contribution in [1.82, 2.24) is 14.9 Å². The summed E-state index contributed by atoms with van der Waals surface area (Å²) in [5.74, 6) is -0.993. The van der Waals surface area contributed by atoms with Gasteiger partial charge in [0.15, 0.2) is 11.5 Å². The molecule has 2 heterocycles. The maximum absolute atomic E-state index is 12.5. The van der Waals surface area contributed by atoms with Gasteiger partial charge < -0.3 is 15.7 Å². The summed E-state index contributed by atoms with van der Waals surface area (Å²) in [6.45, 7) is 0.610. The average molecular weight is 278 g/mol. The van der Waals surface area contributed by atoms with Crippen LogP contribution in [-0.2, 0) is 4.79 Å². The molecule has 0 bridgehead atoms. The zero-order valence-corrected chi connectivity index (χ0v) is 11.2. The lowest BCUT2D eigenvalue weighted by atomic mass is 9.97. The number of aliphatic carboxylic acids is 1. The lowest BCUT2D eigenvalue weighted by Crippen LogP contribution is -2.44. The summed E-state index contributed by atoms with van der Waals surface area (Å²) < 4.78 is 0. The molecular weight excluding hydrogens is 260 g/mol. The number of rotatable bonds is 4. The second-order valence-corrected chi connectivity index (χ2v) is 4.87. The van der Waals surface area contributed by atoms with Crippen molar-refractivity contribution < 1.29 is 14.7 Å². The van der Waals surface area contributed by atoms with Crippen LogP contribution in [0.25, 0.3) is 0 Å². The van der Waals surface area contributed by atoms with Gasteiger partial charge in [-0.25, -0.2) is 9.97 Å². The standard InChI is InChI=1S/C13H18N4O3/c14-12-11(15-6-7-16-12)13(20)17-8-2-1-3-9(17)4-5-10(18)19/h6-7,9H,1-5,8H2,(H2,14,16)(H,18,19)/t9-/m1/s1. The highest BCUT2D eigenvalue weighted by molar-refractivity contribution is 5.96. The van der Waals surface area contributed by atoms with Crippen molar-refractivity contribution in [3.05, 3.63) is 18.1 Å². The quantitative estimate of drug-likeness (QED) is 0.847. The van der Waals surface area contributed by atoms with Crippen molar-refractivity contribution in [2.75, 3.05) is 12.3 Å². The number of nitrogen functional groups attached to an aromatic ring is 1. The summed E-state index contributed by atoms with van der Waals surface area (Å²) in [6.07, 6.45) is 6.12. The first kappa shape index (κ1) is 14.2. The van der Waals surface area contributed by atoms with E-state index in [9.17, 15) is 9.59 Å². The van der Waals surface area contributed by atoms with Gasteiger partial charge in [0, 0.05) is 31.4 Å². The van der Waals surface area contributed by atoms with Gasteiger partial charge in [-0.1, -0.05) is 0 Å². The number of amides is 1. The van der Waals surface area contributed by atoms with Crippen LogP contribution in [0.15, 0.2) is 12.4 Å². The van der Waals surface area contributed by atoms with Crippen LogP contribution in [-0.4, -0.2) is 44.4 Å². The van der Waals surface area contributed by atoms with E-state index in [1.807, 2.05) is 0 Å². The van der Waals surface area contributed by atoms with Crippen LogP contribution < -0.4 is 5.73 Å². The molecule has 20 heavy (non-hydrogen) atoms. The molecule has 1 saturated heterocycles. The monoisotopic (exact) mass is 278 g/mol. The van der Waals surface area contributed by atoms with Crippen molar-refractivity contribution in [1.29, 1.82) is 0 Å². The summed E-state index contributed by atoms with van der Waals surface area (Å²) in [6, 6.07) is -0.0613. The minimum absolute atomic E-state index is 0.0599. The molecule has 108 valence electrons. The predicted octanol–water partition coefficient (Wildman–Crippen LogP) is 0.918. The van der Waals surface area contributed by atoms with Crippen LogP contribution in [0.4, 0.5) is 5.82 Å². The number of likely N-dealkylation sites (tertiary alicyclic amines) is 1. The first-order chi connectivity index (χ1) is 9.59. The van der Waals surface area contributed by atoms with E-state index >= 15 is 0 Å². The molecule has 1 fully saturated rings. The van der Waals surface area contributed by atoms with Crippen LogP contribution in [0.5, 0.6) is 0 Å². The molecule has 7 heteroatoms. The summed E-state index contributed by atoms with van der Waals surface area (Å²) in [4.78, 5) is 32.7. The van der Waals surface area contributed by atoms with E-state index in [2.05, 4.69) is 9.97 Å². The third-order valence-electron chi connectivity index (χ3n) is 3.51. The Morgan fingerprint density at radius 2 is 2.10 bits per heavy atom. The van der Waals surface area contributed by atoms with Crippen molar-refractivity contribution >= 4 is 17.7 Å². The second-order valence-electron chi connectivity index (χ2n) is 4.87. The number of carboxylic acids is 1. The number of carbonyl (C=O) groups excluding carboxylic acids is 1. The largest absolute Gasteiger partial charge is 0.481 e. The van der Waals surface area contributed by atoms with E-state index in [-0.39, 0.29) is 29.9 Å². The topological polar surface area (TPSA) is 109 Å². The van der Waals surface area contributed by atoms with Gasteiger partial charge in [-0.15, -0.1) is 0 Å². The molecule has 1 amide bonds. The summed E-state index contributed by atoms with van der Waals surface area (Å²) in [5, 5.41) is 8.78. The maximum atomic E-state index is 12.5. The molecule has 7 nitrogen and oxygen atoms in total. The minimum Gasteiger partial charge on any atom is -0.481 e. The van der Waals surface area contributed by atoms with Crippen LogP contribution in [0.1, 0.15) is 42.6 Å². The molecule has 0 saturated carbocycles. The number of nitrogens with two attached hydrogens (primary N) is 1. The Balaban J connectivity index is 2.13. The van der Waals surface area contributed by atoms with E-state index in [0.717, 1.165) is 19.3 Å². The van der Waals surface area contributed by atoms with Gasteiger partial charge in [-0.05, 0) is 25.7 Å². The highest BCUT2D eigenvalue weighted by atomic mass is 16.4. The van der Waals surface area contributed by atoms with Gasteiger partial charge in [0.05, 0.1) is 0 Å². The van der Waals surface area contributed by atoms with E-state index in [1.165, 1.54) is 12.4 Å². The SMILES string of the molecule is Nc1nccnc1C(=O)N1CCCC[C@@H]1CCC(=O)O. The van der Waals surface area contributed by atoms with E-state index in [1.54, 1.807) is 4.90 Å². The Labute approximate surface area is 116 Å². The molecule has 1 aromatic rings. The summed E-state index contributed by atoms with van der Waals surface area (Å²) in [7, 11) is 0. The lowest BCUT2D eigenvalue weighted by molar-refractivity contribution is -0.137. The molecule has 0 aromatic carbocycles. The number of hydrogen-bond acceptors (Lipinski definition) is 5. The van der Waals surface area contributed by atoms with Gasteiger partial charge in [0.1, 0.15) is 0 Å². The molecular formula is C13H18N4O3. The van der Waals surface area contributed by atoms with Gasteiger partial charge in [-0.2, -0.15) is 0 Å². The van der Waals surface area contributed by atoms with E-state index < -0.39 is 5.97 Å². The normalized spacial score (nSPS) is 18.8. The maximum Gasteiger partial charge on any atom is 0.303 e. The van der Waals surface area contributed by atoms with E-state index in [0.29, 0.717) is 13.0 Å². The highest BCUT2D eigenvalue weighted by Gasteiger charge is 2.29. The first-order valence-corrected chi connectivity index (χ1v) is 6.69. The van der Waals surface area contributed by atoms with Crippen LogP contribution in [0.3, 0.4) is 0 Å². The van der Waals surface area contributed by atoms with Crippen LogP contribution >= 0.6 is 0 Å². The Hall–Kier alpha value is -2.18. The number of aromatic nitrogens is 2.